The first-order chi connectivity index (χ1) is 2.91. The lowest BCUT2D eigenvalue weighted by atomic mass is 11.4. The zero-order valence-electron chi connectivity index (χ0n) is 2.71. The Morgan fingerprint density at radius 3 is 2.83 bits per heavy atom. The Labute approximate surface area is 38.0 Å². The Morgan fingerprint density at radius 1 is 2.00 bits per heavy atom. The molecule has 0 aromatic rings. The van der Waals surface area contributed by atoms with Gasteiger partial charge in [-0.05, 0) is 0 Å². The molecule has 0 saturated carbocycles. The molecule has 0 spiro atoms. The van der Waals surface area contributed by atoms with E-state index in [1.54, 1.807) is 5.43 Å². The first-order valence-electron chi connectivity index (χ1n) is 1.05. The van der Waals surface area contributed by atoms with Gasteiger partial charge in [0, 0.05) is 0 Å². The Bertz CT molecular complexity index is 108. The molecular weight excluding hydrogens is 102 g/mol. The minimum absolute atomic E-state index is 0.0324. The summed E-state index contributed by atoms with van der Waals surface area (Å²) in [5.41, 5.74) is 1.78. The molecule has 0 aromatic carbocycles. The Balaban J connectivity index is 3.16. The van der Waals surface area contributed by atoms with Crippen molar-refractivity contribution in [1.29, 1.82) is 5.26 Å². The number of nitrogens with one attached hydrogen (secondary N) is 1. The molecular formula is CHN3OS. The van der Waals surface area contributed by atoms with Crippen molar-refractivity contribution in [3.8, 4) is 6.19 Å². The van der Waals surface area contributed by atoms with E-state index in [1.165, 1.54) is 6.19 Å². The first kappa shape index (κ1) is 5.11. The molecule has 0 rings (SSSR count). The average Bonchev–Trinajstić information content (AvgIpc) is 1.61. The zero-order valence-corrected chi connectivity index (χ0v) is 3.53. The topological polar surface area (TPSA) is 65.2 Å². The van der Waals surface area contributed by atoms with Crippen LogP contribution in [0.3, 0.4) is 0 Å². The van der Waals surface area contributed by atoms with Crippen LogP contribution < -0.4 is 5.43 Å². The van der Waals surface area contributed by atoms with E-state index in [0.717, 1.165) is 0 Å². The number of hydrogen-bond donors (Lipinski definition) is 1. The van der Waals surface area contributed by atoms with Crippen LogP contribution >= 0.6 is 0 Å². The van der Waals surface area contributed by atoms with Crippen molar-refractivity contribution in [3.05, 3.63) is 0 Å². The molecule has 0 aliphatic carbocycles. The van der Waals surface area contributed by atoms with Gasteiger partial charge in [0.2, 0.25) is 11.5 Å². The molecule has 0 bridgehead atoms. The van der Waals surface area contributed by atoms with E-state index in [-0.39, 0.29) is 11.5 Å². The normalized spacial score (nSPS) is 5.17. The van der Waals surface area contributed by atoms with E-state index < -0.39 is 0 Å². The highest BCUT2D eigenvalue weighted by atomic mass is 32.1. The molecule has 0 saturated heterocycles. The molecule has 0 atom stereocenters. The van der Waals surface area contributed by atoms with Gasteiger partial charge in [0.1, 0.15) is 0 Å². The van der Waals surface area contributed by atoms with Crippen molar-refractivity contribution in [3.63, 3.8) is 0 Å². The van der Waals surface area contributed by atoms with E-state index >= 15 is 0 Å². The Kier molecular flexibility index (Phi) is 3.50. The second-order valence-electron chi connectivity index (χ2n) is 0.389. The van der Waals surface area contributed by atoms with Crippen molar-refractivity contribution in [1.82, 2.24) is 5.43 Å². The maximum atomic E-state index is 9.23. The van der Waals surface area contributed by atoms with Gasteiger partial charge in [0.15, 0.2) is 6.19 Å². The maximum absolute atomic E-state index is 9.23. The quantitative estimate of drug-likeness (QED) is 0.273. The van der Waals surface area contributed by atoms with Crippen LogP contribution in [-0.2, 0) is 11.5 Å². The molecule has 0 aromatic heterocycles. The Morgan fingerprint density at radius 2 is 2.67 bits per heavy atom. The summed E-state index contributed by atoms with van der Waals surface area (Å²) in [4.78, 5) is 0. The maximum Gasteiger partial charge on any atom is 0.223 e. The van der Waals surface area contributed by atoms with Crippen LogP contribution in [0.4, 0.5) is 0 Å². The zero-order chi connectivity index (χ0) is 4.83. The van der Waals surface area contributed by atoms with Crippen LogP contribution in [0.2, 0.25) is 0 Å². The van der Waals surface area contributed by atoms with Gasteiger partial charge in [0.25, 0.3) is 0 Å². The van der Waals surface area contributed by atoms with Crippen molar-refractivity contribution in [2.75, 3.05) is 0 Å². The standard InChI is InChI=1S/CHN3OS/c2-1-3-4-6-5/h3H. The van der Waals surface area contributed by atoms with Gasteiger partial charge in [-0.1, -0.05) is 4.47 Å². The Hall–Kier alpha value is -0.890. The van der Waals surface area contributed by atoms with E-state index in [2.05, 4.69) is 4.47 Å². The van der Waals surface area contributed by atoms with Gasteiger partial charge in [-0.15, -0.1) is 0 Å². The van der Waals surface area contributed by atoms with E-state index in [4.69, 9.17) is 5.26 Å². The van der Waals surface area contributed by atoms with E-state index in [0.29, 0.717) is 0 Å². The predicted molar refractivity (Wildman–Crippen MR) is 19.3 cm³/mol. The van der Waals surface area contributed by atoms with Crippen molar-refractivity contribution in [2.24, 2.45) is 4.47 Å². The molecule has 4 nitrogen and oxygen atoms in total. The summed E-state index contributed by atoms with van der Waals surface area (Å²) in [6, 6.07) is 0. The average molecular weight is 103 g/mol. The molecule has 0 heterocycles. The summed E-state index contributed by atoms with van der Waals surface area (Å²) in [7, 11) is 0. The minimum atomic E-state index is -0.0324. The van der Waals surface area contributed by atoms with Crippen LogP contribution in [0.5, 0.6) is 0 Å². The third kappa shape index (κ3) is 3.11. The molecule has 0 aliphatic rings. The molecule has 6 heavy (non-hydrogen) atoms. The molecule has 5 heteroatoms. The highest BCUT2D eigenvalue weighted by Crippen LogP contribution is 1.42. The smallest absolute Gasteiger partial charge is 0.200 e. The van der Waals surface area contributed by atoms with Crippen LogP contribution in [-0.4, -0.2) is 4.21 Å². The van der Waals surface area contributed by atoms with E-state index in [1.807, 2.05) is 0 Å². The summed E-state index contributed by atoms with van der Waals surface area (Å²) in [5.74, 6) is 0. The molecule has 0 unspecified atom stereocenters. The largest absolute Gasteiger partial charge is 0.223 e. The number of nitriles is 1. The van der Waals surface area contributed by atoms with Crippen LogP contribution in [0.25, 0.3) is 0 Å². The van der Waals surface area contributed by atoms with Crippen LogP contribution in [0, 0.1) is 11.5 Å². The minimum Gasteiger partial charge on any atom is -0.200 e. The molecule has 0 amide bonds. The van der Waals surface area contributed by atoms with E-state index in [9.17, 15) is 4.21 Å². The second-order valence-corrected chi connectivity index (χ2v) is 0.721. The summed E-state index contributed by atoms with van der Waals surface area (Å²) >= 11 is -0.0324. The third-order valence-corrected chi connectivity index (χ3v) is 0.299. The highest BCUT2D eigenvalue weighted by Gasteiger charge is 1.55. The first-order valence-corrected chi connectivity index (χ1v) is 1.74. The van der Waals surface area contributed by atoms with Crippen LogP contribution in [0.1, 0.15) is 0 Å². The number of rotatable bonds is 1. The molecule has 0 aliphatic heterocycles. The summed E-state index contributed by atoms with van der Waals surface area (Å²) < 4.78 is 12.1. The monoisotopic (exact) mass is 103 g/mol. The van der Waals surface area contributed by atoms with Gasteiger partial charge >= 0.3 is 0 Å². The fraction of sp³-hybridized carbons (Fsp3) is 0. The molecule has 1 N–H and O–H groups in total. The summed E-state index contributed by atoms with van der Waals surface area (Å²) in [6.45, 7) is 0. The SMILES string of the molecule is N#CNN=S=O. The number of hydrogen-bond acceptors (Lipinski definition) is 3. The van der Waals surface area contributed by atoms with Gasteiger partial charge in [-0.25, -0.2) is 0 Å². The lowest BCUT2D eigenvalue weighted by Crippen LogP contribution is -1.87. The van der Waals surface area contributed by atoms with Crippen molar-refractivity contribution >= 4 is 11.5 Å². The van der Waals surface area contributed by atoms with Crippen LogP contribution in [0.15, 0.2) is 4.47 Å². The van der Waals surface area contributed by atoms with Gasteiger partial charge in [-0.3, -0.25) is 0 Å². The van der Waals surface area contributed by atoms with Gasteiger partial charge < -0.3 is 0 Å². The second kappa shape index (κ2) is 4.11. The highest BCUT2D eigenvalue weighted by molar-refractivity contribution is 7.54. The summed E-state index contributed by atoms with van der Waals surface area (Å²) in [5, 5.41) is 7.59. The fourth-order valence-corrected chi connectivity index (χ4v) is 0.117. The molecule has 0 radical (unpaired) electrons. The lowest BCUT2D eigenvalue weighted by molar-refractivity contribution is 0.695. The van der Waals surface area contributed by atoms with Crippen molar-refractivity contribution < 1.29 is 4.21 Å². The van der Waals surface area contributed by atoms with Gasteiger partial charge in [0.05, 0.1) is 0 Å². The van der Waals surface area contributed by atoms with Gasteiger partial charge in [-0.2, -0.15) is 14.9 Å². The molecule has 32 valence electrons. The lowest BCUT2D eigenvalue weighted by Gasteiger charge is -1.63. The number of nitrogens with zero attached hydrogens (tertiary/aromatic N) is 2. The molecule has 0 fully saturated rings. The van der Waals surface area contributed by atoms with Crippen molar-refractivity contribution in [2.45, 2.75) is 0 Å². The third-order valence-electron chi connectivity index (χ3n) is 0.133. The fourth-order valence-electron chi connectivity index (χ4n) is 0.0390. The summed E-state index contributed by atoms with van der Waals surface area (Å²) in [6.07, 6.45) is 1.43. The predicted octanol–water partition coefficient (Wildman–Crippen LogP) is -0.631.